The van der Waals surface area contributed by atoms with Gasteiger partial charge in [-0.15, -0.1) is 0 Å². The topological polar surface area (TPSA) is 38.3 Å². The van der Waals surface area contributed by atoms with Crippen molar-refractivity contribution in [2.75, 3.05) is 13.2 Å². The summed E-state index contributed by atoms with van der Waals surface area (Å²) < 4.78 is 5.19. The van der Waals surface area contributed by atoms with Gasteiger partial charge in [0.05, 0.1) is 0 Å². The number of hydrogen-bond acceptors (Lipinski definition) is 2. The smallest absolute Gasteiger partial charge is 0.220 e. The lowest BCUT2D eigenvalue weighted by Gasteiger charge is -2.22. The first-order chi connectivity index (χ1) is 5.83. The zero-order valence-electron chi connectivity index (χ0n) is 7.64. The summed E-state index contributed by atoms with van der Waals surface area (Å²) in [5.41, 5.74) is 0. The van der Waals surface area contributed by atoms with E-state index in [4.69, 9.17) is 4.74 Å². The molecule has 0 bridgehead atoms. The number of hydrogen-bond donors (Lipinski definition) is 1. The molecule has 12 heavy (non-hydrogen) atoms. The fourth-order valence-electron chi connectivity index (χ4n) is 1.37. The Morgan fingerprint density at radius 3 is 2.83 bits per heavy atom. The lowest BCUT2D eigenvalue weighted by Crippen LogP contribution is -2.38. The fraction of sp³-hybridized carbons (Fsp3) is 0.889. The van der Waals surface area contributed by atoms with Gasteiger partial charge in [-0.25, -0.2) is 0 Å². The summed E-state index contributed by atoms with van der Waals surface area (Å²) in [4.78, 5) is 11.2. The molecule has 0 unspecified atom stereocenters. The summed E-state index contributed by atoms with van der Waals surface area (Å²) >= 11 is 0. The molecule has 1 amide bonds. The fourth-order valence-corrected chi connectivity index (χ4v) is 1.37. The van der Waals surface area contributed by atoms with E-state index in [0.717, 1.165) is 32.5 Å². The van der Waals surface area contributed by atoms with Crippen molar-refractivity contribution in [3.63, 3.8) is 0 Å². The quantitative estimate of drug-likeness (QED) is 0.699. The molecule has 1 saturated heterocycles. The molecule has 1 aliphatic heterocycles. The van der Waals surface area contributed by atoms with Crippen molar-refractivity contribution in [3.8, 4) is 0 Å². The molecule has 0 aromatic carbocycles. The molecule has 0 aromatic rings. The Bertz CT molecular complexity index is 147. The van der Waals surface area contributed by atoms with Crippen LogP contribution in [-0.2, 0) is 9.53 Å². The molecule has 1 N–H and O–H groups in total. The summed E-state index contributed by atoms with van der Waals surface area (Å²) in [5.74, 6) is 0.185. The molecule has 3 nitrogen and oxygen atoms in total. The average molecular weight is 173 g/mol. The number of amides is 1. The molecule has 1 fully saturated rings. The Balaban J connectivity index is 0.00000144. The first kappa shape index (κ1) is 9.52. The van der Waals surface area contributed by atoms with Gasteiger partial charge in [0.2, 0.25) is 5.91 Å². The van der Waals surface area contributed by atoms with E-state index >= 15 is 0 Å². The van der Waals surface area contributed by atoms with Crippen LogP contribution in [-0.4, -0.2) is 25.2 Å². The first-order valence-electron chi connectivity index (χ1n) is 4.70. The highest BCUT2D eigenvalue weighted by Crippen LogP contribution is 2.06. The Kier molecular flexibility index (Phi) is 4.08. The van der Waals surface area contributed by atoms with Crippen LogP contribution in [0.25, 0.3) is 0 Å². The Hall–Kier alpha value is -0.570. The van der Waals surface area contributed by atoms with E-state index in [1.165, 1.54) is 0 Å². The third-order valence-electron chi connectivity index (χ3n) is 2.06. The van der Waals surface area contributed by atoms with Crippen LogP contribution in [0.3, 0.4) is 0 Å². The van der Waals surface area contributed by atoms with Crippen molar-refractivity contribution in [2.24, 2.45) is 0 Å². The van der Waals surface area contributed by atoms with Crippen LogP contribution in [0.5, 0.6) is 0 Å². The Labute approximate surface area is 75.0 Å². The van der Waals surface area contributed by atoms with Gasteiger partial charge in [0.15, 0.2) is 0 Å². The van der Waals surface area contributed by atoms with E-state index in [2.05, 4.69) is 5.32 Å². The molecule has 0 spiro atoms. The van der Waals surface area contributed by atoms with Gasteiger partial charge in [-0.3, -0.25) is 4.79 Å². The van der Waals surface area contributed by atoms with E-state index in [1.54, 1.807) is 0 Å². The molecular weight excluding hydrogens is 154 g/mol. The predicted molar refractivity (Wildman–Crippen MR) is 49.0 cm³/mol. The summed E-state index contributed by atoms with van der Waals surface area (Å²) in [7, 11) is 0. The van der Waals surface area contributed by atoms with Crippen molar-refractivity contribution in [1.82, 2.24) is 5.32 Å². The number of nitrogens with one attached hydrogen (secondary N) is 1. The Morgan fingerprint density at radius 2 is 2.25 bits per heavy atom. The van der Waals surface area contributed by atoms with E-state index in [0.29, 0.717) is 12.5 Å². The monoisotopic (exact) mass is 173 g/mol. The Morgan fingerprint density at radius 1 is 1.58 bits per heavy atom. The lowest BCUT2D eigenvalue weighted by atomic mass is 10.1. The lowest BCUT2D eigenvalue weighted by molar-refractivity contribution is -0.122. The van der Waals surface area contributed by atoms with Gasteiger partial charge in [0.1, 0.15) is 0 Å². The molecule has 1 rings (SSSR count). The number of ether oxygens (including phenoxy) is 1. The van der Waals surface area contributed by atoms with Crippen molar-refractivity contribution in [2.45, 2.75) is 38.6 Å². The van der Waals surface area contributed by atoms with E-state index in [1.807, 2.05) is 6.92 Å². The molecule has 72 valence electrons. The molecule has 0 aromatic heterocycles. The molecule has 1 heterocycles. The molecule has 0 aliphatic carbocycles. The van der Waals surface area contributed by atoms with Crippen LogP contribution in [0.1, 0.15) is 34.0 Å². The maximum Gasteiger partial charge on any atom is 0.220 e. The minimum Gasteiger partial charge on any atom is -0.381 e. The van der Waals surface area contributed by atoms with Gasteiger partial charge in [-0.05, 0) is 19.3 Å². The normalized spacial score (nSPS) is 19.1. The third-order valence-corrected chi connectivity index (χ3v) is 2.06. The second-order valence-corrected chi connectivity index (χ2v) is 3.20. The van der Waals surface area contributed by atoms with Crippen LogP contribution < -0.4 is 5.32 Å². The van der Waals surface area contributed by atoms with E-state index in [-0.39, 0.29) is 7.33 Å². The van der Waals surface area contributed by atoms with Crippen LogP contribution in [0, 0.1) is 0 Å². The molecule has 1 aliphatic rings. The zero-order valence-corrected chi connectivity index (χ0v) is 7.64. The van der Waals surface area contributed by atoms with Gasteiger partial charge in [0.25, 0.3) is 0 Å². The highest BCUT2D eigenvalue weighted by molar-refractivity contribution is 5.76. The van der Waals surface area contributed by atoms with Crippen molar-refractivity contribution < 1.29 is 11.0 Å². The van der Waals surface area contributed by atoms with Crippen LogP contribution in [0.15, 0.2) is 0 Å². The standard InChI is InChI=1S/C9H17NO2.H2/c1-2-3-9(11)10-8-4-6-12-7-5-8;/h8H,2-7H2,1H3,(H,10,11);1H. The number of carbonyl (C=O) groups excluding carboxylic acids is 1. The van der Waals surface area contributed by atoms with E-state index < -0.39 is 0 Å². The highest BCUT2D eigenvalue weighted by Gasteiger charge is 2.14. The average Bonchev–Trinajstić information content (AvgIpc) is 2.06. The molecule has 0 atom stereocenters. The van der Waals surface area contributed by atoms with E-state index in [9.17, 15) is 4.79 Å². The van der Waals surface area contributed by atoms with Crippen LogP contribution in [0.4, 0.5) is 0 Å². The summed E-state index contributed by atoms with van der Waals surface area (Å²) in [6, 6.07) is 0.359. The van der Waals surface area contributed by atoms with Gasteiger partial charge < -0.3 is 10.1 Å². The van der Waals surface area contributed by atoms with Crippen molar-refractivity contribution >= 4 is 5.91 Å². The maximum absolute atomic E-state index is 11.2. The third kappa shape index (κ3) is 3.22. The predicted octanol–water partition coefficient (Wildman–Crippen LogP) is 1.33. The number of carbonyl (C=O) groups is 1. The van der Waals surface area contributed by atoms with Gasteiger partial charge >= 0.3 is 0 Å². The SMILES string of the molecule is CCCC(=O)NC1CCOCC1.[HH]. The molecular formula is C9H19NO2. The second-order valence-electron chi connectivity index (χ2n) is 3.20. The van der Waals surface area contributed by atoms with Crippen LogP contribution >= 0.6 is 0 Å². The van der Waals surface area contributed by atoms with Crippen molar-refractivity contribution in [1.29, 1.82) is 0 Å². The molecule has 0 saturated carbocycles. The van der Waals surface area contributed by atoms with Gasteiger partial charge in [-0.1, -0.05) is 6.92 Å². The zero-order chi connectivity index (χ0) is 8.81. The largest absolute Gasteiger partial charge is 0.381 e. The minimum atomic E-state index is 0. The summed E-state index contributed by atoms with van der Waals surface area (Å²) in [5, 5.41) is 3.00. The maximum atomic E-state index is 11.2. The summed E-state index contributed by atoms with van der Waals surface area (Å²) in [6.45, 7) is 3.59. The first-order valence-corrected chi connectivity index (χ1v) is 4.70. The highest BCUT2D eigenvalue weighted by atomic mass is 16.5. The van der Waals surface area contributed by atoms with Gasteiger partial charge in [0, 0.05) is 27.1 Å². The van der Waals surface area contributed by atoms with Crippen molar-refractivity contribution in [3.05, 3.63) is 0 Å². The van der Waals surface area contributed by atoms with Crippen LogP contribution in [0.2, 0.25) is 0 Å². The van der Waals surface area contributed by atoms with Gasteiger partial charge in [-0.2, -0.15) is 0 Å². The second kappa shape index (κ2) is 5.14. The number of rotatable bonds is 3. The summed E-state index contributed by atoms with van der Waals surface area (Å²) in [6.07, 6.45) is 3.51. The minimum absolute atomic E-state index is 0. The molecule has 3 heteroatoms. The molecule has 0 radical (unpaired) electrons.